The van der Waals surface area contributed by atoms with E-state index in [2.05, 4.69) is 5.32 Å². The Labute approximate surface area is 194 Å². The summed E-state index contributed by atoms with van der Waals surface area (Å²) in [5.41, 5.74) is -2.18. The summed E-state index contributed by atoms with van der Waals surface area (Å²) >= 11 is 0. The van der Waals surface area contributed by atoms with Crippen molar-refractivity contribution in [2.24, 2.45) is 0 Å². The SMILES string of the molecule is CCNCCCO[C@@H](Cc1ccc(F)cc1)O[C@@H](C)Cc1cc(C(F)(F)F)cc(C(F)(F)F)c1. The summed E-state index contributed by atoms with van der Waals surface area (Å²) in [6, 6.07) is 7.16. The van der Waals surface area contributed by atoms with Gasteiger partial charge in [0.15, 0.2) is 6.29 Å². The van der Waals surface area contributed by atoms with Gasteiger partial charge in [-0.05, 0) is 74.3 Å². The lowest BCUT2D eigenvalue weighted by molar-refractivity contribution is -0.165. The van der Waals surface area contributed by atoms with Crippen LogP contribution in [-0.2, 0) is 34.7 Å². The second-order valence-electron chi connectivity index (χ2n) is 7.90. The van der Waals surface area contributed by atoms with Crippen LogP contribution < -0.4 is 5.32 Å². The number of hydrogen-bond acceptors (Lipinski definition) is 3. The molecule has 1 N–H and O–H groups in total. The fraction of sp³-hybridized carbons (Fsp3) is 0.500. The van der Waals surface area contributed by atoms with Crippen LogP contribution in [0.15, 0.2) is 42.5 Å². The van der Waals surface area contributed by atoms with E-state index in [1.54, 1.807) is 19.1 Å². The van der Waals surface area contributed by atoms with Gasteiger partial charge in [0.05, 0.1) is 23.8 Å². The van der Waals surface area contributed by atoms with Crippen molar-refractivity contribution in [1.29, 1.82) is 0 Å². The van der Waals surface area contributed by atoms with Crippen LogP contribution >= 0.6 is 0 Å². The number of ether oxygens (including phenoxy) is 2. The number of alkyl halides is 6. The van der Waals surface area contributed by atoms with Crippen molar-refractivity contribution in [2.75, 3.05) is 19.7 Å². The highest BCUT2D eigenvalue weighted by Crippen LogP contribution is 2.36. The smallest absolute Gasteiger partial charge is 0.352 e. The summed E-state index contributed by atoms with van der Waals surface area (Å²) in [5.74, 6) is -0.411. The Bertz CT molecular complexity index is 850. The van der Waals surface area contributed by atoms with Crippen LogP contribution in [-0.4, -0.2) is 32.1 Å². The topological polar surface area (TPSA) is 30.5 Å². The molecule has 2 atom stereocenters. The highest BCUT2D eigenvalue weighted by Gasteiger charge is 2.37. The molecule has 10 heteroatoms. The van der Waals surface area contributed by atoms with Crippen LogP contribution in [0.1, 0.15) is 42.5 Å². The largest absolute Gasteiger partial charge is 0.416 e. The average molecular weight is 495 g/mol. The van der Waals surface area contributed by atoms with Crippen LogP contribution in [0.5, 0.6) is 0 Å². The van der Waals surface area contributed by atoms with Crippen LogP contribution in [0.2, 0.25) is 0 Å². The van der Waals surface area contributed by atoms with E-state index in [-0.39, 0.29) is 24.5 Å². The van der Waals surface area contributed by atoms with Gasteiger partial charge in [-0.1, -0.05) is 19.1 Å². The molecular weight excluding hydrogens is 467 g/mol. The maximum absolute atomic E-state index is 13.2. The molecule has 0 bridgehead atoms. The van der Waals surface area contributed by atoms with Crippen molar-refractivity contribution in [1.82, 2.24) is 5.32 Å². The molecule has 0 saturated carbocycles. The summed E-state index contributed by atoms with van der Waals surface area (Å²) < 4.78 is 104. The lowest BCUT2D eigenvalue weighted by atomic mass is 10.0. The van der Waals surface area contributed by atoms with Gasteiger partial charge in [0.1, 0.15) is 5.82 Å². The molecule has 0 aliphatic rings. The number of hydrogen-bond donors (Lipinski definition) is 1. The maximum Gasteiger partial charge on any atom is 0.416 e. The van der Waals surface area contributed by atoms with Gasteiger partial charge in [-0.2, -0.15) is 26.3 Å². The molecule has 0 aromatic heterocycles. The van der Waals surface area contributed by atoms with Crippen LogP contribution in [0.4, 0.5) is 30.7 Å². The molecule has 2 rings (SSSR count). The Kier molecular flexibility index (Phi) is 10.3. The first-order valence-corrected chi connectivity index (χ1v) is 10.9. The zero-order chi connectivity index (χ0) is 25.4. The molecule has 2 aromatic rings. The fourth-order valence-electron chi connectivity index (χ4n) is 3.32. The molecule has 0 radical (unpaired) electrons. The van der Waals surface area contributed by atoms with E-state index in [4.69, 9.17) is 9.47 Å². The Morgan fingerprint density at radius 1 is 0.853 bits per heavy atom. The van der Waals surface area contributed by atoms with E-state index in [9.17, 15) is 30.7 Å². The first-order chi connectivity index (χ1) is 15.9. The highest BCUT2D eigenvalue weighted by atomic mass is 19.4. The maximum atomic E-state index is 13.2. The Morgan fingerprint density at radius 2 is 1.44 bits per heavy atom. The first-order valence-electron chi connectivity index (χ1n) is 10.9. The molecule has 190 valence electrons. The van der Waals surface area contributed by atoms with Crippen LogP contribution in [0.3, 0.4) is 0 Å². The summed E-state index contributed by atoms with van der Waals surface area (Å²) in [5, 5.41) is 3.14. The molecule has 2 aromatic carbocycles. The van der Waals surface area contributed by atoms with E-state index < -0.39 is 41.7 Å². The number of halogens is 7. The number of nitrogens with one attached hydrogen (secondary N) is 1. The second-order valence-corrected chi connectivity index (χ2v) is 7.90. The molecule has 34 heavy (non-hydrogen) atoms. The Balaban J connectivity index is 2.13. The summed E-state index contributed by atoms with van der Waals surface area (Å²) in [6.07, 6.45) is -10.7. The van der Waals surface area contributed by atoms with Gasteiger partial charge in [-0.25, -0.2) is 4.39 Å². The molecular formula is C24H28F7NO2. The summed E-state index contributed by atoms with van der Waals surface area (Å²) in [7, 11) is 0. The predicted molar refractivity (Wildman–Crippen MR) is 114 cm³/mol. The minimum atomic E-state index is -4.92. The van der Waals surface area contributed by atoms with Gasteiger partial charge in [-0.3, -0.25) is 0 Å². The van der Waals surface area contributed by atoms with Crippen molar-refractivity contribution in [2.45, 2.75) is 57.9 Å². The van der Waals surface area contributed by atoms with Crippen molar-refractivity contribution in [3.8, 4) is 0 Å². The third-order valence-corrected chi connectivity index (χ3v) is 4.92. The molecule has 0 heterocycles. The zero-order valence-corrected chi connectivity index (χ0v) is 18.9. The van der Waals surface area contributed by atoms with Gasteiger partial charge >= 0.3 is 12.4 Å². The average Bonchev–Trinajstić information content (AvgIpc) is 2.73. The van der Waals surface area contributed by atoms with Gasteiger partial charge < -0.3 is 14.8 Å². The zero-order valence-electron chi connectivity index (χ0n) is 18.9. The normalized spacial score (nSPS) is 14.3. The fourth-order valence-corrected chi connectivity index (χ4v) is 3.32. The Hall–Kier alpha value is -2.17. The van der Waals surface area contributed by atoms with E-state index in [0.29, 0.717) is 37.3 Å². The van der Waals surface area contributed by atoms with Crippen LogP contribution in [0, 0.1) is 5.82 Å². The quantitative estimate of drug-likeness (QED) is 0.210. The third-order valence-electron chi connectivity index (χ3n) is 4.92. The summed E-state index contributed by atoms with van der Waals surface area (Å²) in [4.78, 5) is 0. The van der Waals surface area contributed by atoms with Crippen molar-refractivity contribution < 1.29 is 40.2 Å². The monoisotopic (exact) mass is 495 g/mol. The molecule has 3 nitrogen and oxygen atoms in total. The molecule has 0 amide bonds. The molecule has 0 aliphatic carbocycles. The molecule has 0 fully saturated rings. The molecule has 0 saturated heterocycles. The lowest BCUT2D eigenvalue weighted by Crippen LogP contribution is -2.28. The number of benzene rings is 2. The molecule has 0 unspecified atom stereocenters. The van der Waals surface area contributed by atoms with Crippen molar-refractivity contribution in [3.05, 3.63) is 70.5 Å². The summed E-state index contributed by atoms with van der Waals surface area (Å²) in [6.45, 7) is 5.34. The Morgan fingerprint density at radius 3 is 1.97 bits per heavy atom. The van der Waals surface area contributed by atoms with Gasteiger partial charge in [0.2, 0.25) is 0 Å². The van der Waals surface area contributed by atoms with E-state index >= 15 is 0 Å². The molecule has 0 spiro atoms. The minimum absolute atomic E-state index is 0.0970. The van der Waals surface area contributed by atoms with Gasteiger partial charge in [0.25, 0.3) is 0 Å². The van der Waals surface area contributed by atoms with Crippen molar-refractivity contribution in [3.63, 3.8) is 0 Å². The second kappa shape index (κ2) is 12.5. The first kappa shape index (κ1) is 28.1. The standard InChI is InChI=1S/C24H28F7NO2/c1-3-32-9-4-10-33-22(14-17-5-7-21(25)8-6-17)34-16(2)11-18-12-19(23(26,27)28)15-20(13-18)24(29,30)31/h5-8,12-13,15-16,22,32H,3-4,9-11,14H2,1-2H3/t16-,22+/m0/s1. The van der Waals surface area contributed by atoms with Crippen LogP contribution in [0.25, 0.3) is 0 Å². The van der Waals surface area contributed by atoms with Gasteiger partial charge in [-0.15, -0.1) is 0 Å². The lowest BCUT2D eigenvalue weighted by Gasteiger charge is -2.24. The van der Waals surface area contributed by atoms with Crippen molar-refractivity contribution >= 4 is 0 Å². The third kappa shape index (κ3) is 9.60. The van der Waals surface area contributed by atoms with E-state index in [1.807, 2.05) is 6.92 Å². The van der Waals surface area contributed by atoms with E-state index in [1.165, 1.54) is 12.1 Å². The minimum Gasteiger partial charge on any atom is -0.352 e. The predicted octanol–water partition coefficient (Wildman–Crippen LogP) is 6.40. The molecule has 0 aliphatic heterocycles. The van der Waals surface area contributed by atoms with Gasteiger partial charge in [0, 0.05) is 6.42 Å². The highest BCUT2D eigenvalue weighted by molar-refractivity contribution is 5.34. The van der Waals surface area contributed by atoms with E-state index in [0.717, 1.165) is 6.54 Å². The number of rotatable bonds is 12.